The van der Waals surface area contributed by atoms with E-state index in [-0.39, 0.29) is 23.6 Å². The summed E-state index contributed by atoms with van der Waals surface area (Å²) in [6, 6.07) is -0.260. The molecule has 0 saturated carbocycles. The maximum atomic E-state index is 12.0. The maximum absolute atomic E-state index is 12.0. The minimum atomic E-state index is -2.94. The molecule has 0 bridgehead atoms. The fraction of sp³-hybridized carbons (Fsp3) is 0.917. The monoisotopic (exact) mass is 276 g/mol. The molecule has 1 rings (SSSR count). The van der Waals surface area contributed by atoms with Gasteiger partial charge in [-0.2, -0.15) is 0 Å². The van der Waals surface area contributed by atoms with Gasteiger partial charge in [-0.15, -0.1) is 0 Å². The van der Waals surface area contributed by atoms with Crippen LogP contribution in [0, 0.1) is 0 Å². The highest BCUT2D eigenvalue weighted by atomic mass is 32.2. The molecule has 0 radical (unpaired) electrons. The Kier molecular flexibility index (Phi) is 5.91. The molecule has 1 atom stereocenters. The number of nitrogens with one attached hydrogen (secondary N) is 1. The molecule has 1 saturated heterocycles. The highest BCUT2D eigenvalue weighted by Gasteiger charge is 2.34. The second-order valence-electron chi connectivity index (χ2n) is 4.84. The first kappa shape index (κ1) is 15.3. The Balaban J connectivity index is 2.56. The van der Waals surface area contributed by atoms with E-state index in [2.05, 4.69) is 12.2 Å². The number of hydrogen-bond donors (Lipinski definition) is 1. The minimum absolute atomic E-state index is 0.118. The van der Waals surface area contributed by atoms with Crippen LogP contribution in [0.15, 0.2) is 0 Å². The van der Waals surface area contributed by atoms with Crippen LogP contribution in [-0.2, 0) is 9.84 Å². The van der Waals surface area contributed by atoms with Crippen LogP contribution >= 0.6 is 0 Å². The van der Waals surface area contributed by atoms with Crippen LogP contribution in [0.1, 0.15) is 39.5 Å². The van der Waals surface area contributed by atoms with Crippen molar-refractivity contribution in [3.63, 3.8) is 0 Å². The van der Waals surface area contributed by atoms with Crippen molar-refractivity contribution in [2.45, 2.75) is 45.6 Å². The predicted octanol–water partition coefficient (Wildman–Crippen LogP) is 1.40. The third-order valence-electron chi connectivity index (χ3n) is 3.18. The third-order valence-corrected chi connectivity index (χ3v) is 4.93. The van der Waals surface area contributed by atoms with E-state index >= 15 is 0 Å². The number of hydrogen-bond acceptors (Lipinski definition) is 3. The number of sulfone groups is 1. The lowest BCUT2D eigenvalue weighted by Crippen LogP contribution is -2.47. The quantitative estimate of drug-likeness (QED) is 0.746. The molecule has 0 aromatic rings. The molecule has 2 amide bonds. The van der Waals surface area contributed by atoms with Crippen LogP contribution in [0.2, 0.25) is 0 Å². The molecule has 1 aliphatic rings. The van der Waals surface area contributed by atoms with E-state index in [4.69, 9.17) is 0 Å². The third kappa shape index (κ3) is 4.48. The van der Waals surface area contributed by atoms with Gasteiger partial charge in [0.2, 0.25) is 0 Å². The lowest BCUT2D eigenvalue weighted by molar-refractivity contribution is 0.180. The average Bonchev–Trinajstić information content (AvgIpc) is 2.66. The molecule has 0 aromatic carbocycles. The van der Waals surface area contributed by atoms with Crippen LogP contribution in [0.5, 0.6) is 0 Å². The molecular formula is C12H24N2O3S. The molecule has 0 spiro atoms. The van der Waals surface area contributed by atoms with Crippen molar-refractivity contribution in [3.05, 3.63) is 0 Å². The highest BCUT2D eigenvalue weighted by Crippen LogP contribution is 2.18. The lowest BCUT2D eigenvalue weighted by Gasteiger charge is -2.28. The molecule has 18 heavy (non-hydrogen) atoms. The van der Waals surface area contributed by atoms with Crippen LogP contribution in [0.25, 0.3) is 0 Å². The summed E-state index contributed by atoms with van der Waals surface area (Å²) in [5.41, 5.74) is 0. The van der Waals surface area contributed by atoms with Crippen molar-refractivity contribution >= 4 is 15.9 Å². The predicted molar refractivity (Wildman–Crippen MR) is 72.4 cm³/mol. The first-order valence-corrected chi connectivity index (χ1v) is 8.57. The van der Waals surface area contributed by atoms with Gasteiger partial charge in [0.25, 0.3) is 0 Å². The van der Waals surface area contributed by atoms with Gasteiger partial charge in [-0.1, -0.05) is 20.3 Å². The number of carbonyl (C=O) groups is 1. The minimum Gasteiger partial charge on any atom is -0.338 e. The van der Waals surface area contributed by atoms with Crippen LogP contribution in [-0.4, -0.2) is 50.0 Å². The van der Waals surface area contributed by atoms with Gasteiger partial charge in [-0.05, 0) is 19.3 Å². The Morgan fingerprint density at radius 2 is 2.06 bits per heavy atom. The van der Waals surface area contributed by atoms with Crippen molar-refractivity contribution in [1.82, 2.24) is 10.2 Å². The summed E-state index contributed by atoms with van der Waals surface area (Å²) in [5.74, 6) is 0.328. The molecule has 1 N–H and O–H groups in total. The summed E-state index contributed by atoms with van der Waals surface area (Å²) in [6.45, 7) is 5.35. The second kappa shape index (κ2) is 6.97. The fourth-order valence-electron chi connectivity index (χ4n) is 2.19. The summed E-state index contributed by atoms with van der Waals surface area (Å²) in [5, 5.41) is 2.86. The average molecular weight is 276 g/mol. The SMILES string of the molecule is CCCCNC(=O)N(CCC)[C@H]1CCS(=O)(=O)C1. The number of urea groups is 1. The van der Waals surface area contributed by atoms with E-state index in [0.29, 0.717) is 19.5 Å². The Hall–Kier alpha value is -0.780. The van der Waals surface area contributed by atoms with Gasteiger partial charge in [-0.25, -0.2) is 13.2 Å². The summed E-state index contributed by atoms with van der Waals surface area (Å²) < 4.78 is 22.9. The molecule has 1 aliphatic heterocycles. The van der Waals surface area contributed by atoms with Gasteiger partial charge in [0.1, 0.15) is 0 Å². The van der Waals surface area contributed by atoms with E-state index in [0.717, 1.165) is 19.3 Å². The van der Waals surface area contributed by atoms with Gasteiger partial charge in [0.15, 0.2) is 9.84 Å². The summed E-state index contributed by atoms with van der Waals surface area (Å²) in [4.78, 5) is 13.7. The number of unbranched alkanes of at least 4 members (excludes halogenated alkanes) is 1. The Morgan fingerprint density at radius 1 is 1.33 bits per heavy atom. The normalized spacial score (nSPS) is 21.8. The first-order valence-electron chi connectivity index (χ1n) is 6.75. The largest absolute Gasteiger partial charge is 0.338 e. The van der Waals surface area contributed by atoms with Gasteiger partial charge >= 0.3 is 6.03 Å². The van der Waals surface area contributed by atoms with Gasteiger partial charge < -0.3 is 10.2 Å². The van der Waals surface area contributed by atoms with E-state index in [9.17, 15) is 13.2 Å². The van der Waals surface area contributed by atoms with Crippen molar-refractivity contribution in [2.24, 2.45) is 0 Å². The number of carbonyl (C=O) groups excluding carboxylic acids is 1. The number of rotatable bonds is 6. The molecule has 0 unspecified atom stereocenters. The van der Waals surface area contributed by atoms with Crippen molar-refractivity contribution in [3.8, 4) is 0 Å². The number of nitrogens with zero attached hydrogens (tertiary/aromatic N) is 1. The van der Waals surface area contributed by atoms with Crippen molar-refractivity contribution in [2.75, 3.05) is 24.6 Å². The number of amides is 2. The molecule has 106 valence electrons. The molecule has 6 heteroatoms. The molecular weight excluding hydrogens is 252 g/mol. The highest BCUT2D eigenvalue weighted by molar-refractivity contribution is 7.91. The molecule has 5 nitrogen and oxygen atoms in total. The van der Waals surface area contributed by atoms with E-state index < -0.39 is 9.84 Å². The second-order valence-corrected chi connectivity index (χ2v) is 7.06. The van der Waals surface area contributed by atoms with E-state index in [1.165, 1.54) is 0 Å². The van der Waals surface area contributed by atoms with Gasteiger partial charge in [0.05, 0.1) is 11.5 Å². The lowest BCUT2D eigenvalue weighted by atomic mass is 10.2. The van der Waals surface area contributed by atoms with Crippen LogP contribution in [0.4, 0.5) is 4.79 Å². The molecule has 0 aliphatic carbocycles. The topological polar surface area (TPSA) is 66.5 Å². The van der Waals surface area contributed by atoms with Gasteiger partial charge in [0, 0.05) is 19.1 Å². The van der Waals surface area contributed by atoms with Crippen LogP contribution in [0.3, 0.4) is 0 Å². The summed E-state index contributed by atoms with van der Waals surface area (Å²) >= 11 is 0. The zero-order valence-corrected chi connectivity index (χ0v) is 12.1. The molecule has 0 aromatic heterocycles. The van der Waals surface area contributed by atoms with E-state index in [1.807, 2.05) is 6.92 Å². The van der Waals surface area contributed by atoms with Crippen LogP contribution < -0.4 is 5.32 Å². The maximum Gasteiger partial charge on any atom is 0.317 e. The van der Waals surface area contributed by atoms with Gasteiger partial charge in [-0.3, -0.25) is 0 Å². The smallest absolute Gasteiger partial charge is 0.317 e. The van der Waals surface area contributed by atoms with E-state index in [1.54, 1.807) is 4.90 Å². The fourth-order valence-corrected chi connectivity index (χ4v) is 3.92. The molecule has 1 heterocycles. The zero-order valence-electron chi connectivity index (χ0n) is 11.3. The standard InChI is InChI=1S/C12H24N2O3S/c1-3-5-7-13-12(15)14(8-4-2)11-6-9-18(16,17)10-11/h11H,3-10H2,1-2H3,(H,13,15)/t11-/m0/s1. The Bertz CT molecular complexity index is 368. The summed E-state index contributed by atoms with van der Waals surface area (Å²) in [6.07, 6.45) is 3.40. The zero-order chi connectivity index (χ0) is 13.6. The Labute approximate surface area is 110 Å². The van der Waals surface area contributed by atoms with Crippen molar-refractivity contribution in [1.29, 1.82) is 0 Å². The molecule has 1 fully saturated rings. The van der Waals surface area contributed by atoms with Crippen molar-refractivity contribution < 1.29 is 13.2 Å². The summed E-state index contributed by atoms with van der Waals surface area (Å²) in [7, 11) is -2.94. The Morgan fingerprint density at radius 3 is 2.56 bits per heavy atom. The first-order chi connectivity index (χ1) is 8.50.